The number of anilines is 1. The zero-order valence-corrected chi connectivity index (χ0v) is 15.6. The summed E-state index contributed by atoms with van der Waals surface area (Å²) in [5.41, 5.74) is 0.570. The first-order valence-electron chi connectivity index (χ1n) is 8.37. The number of methoxy groups -OCH3 is 1. The zero-order chi connectivity index (χ0) is 18.2. The molecule has 0 aliphatic heterocycles. The van der Waals surface area contributed by atoms with Crippen LogP contribution in [0.1, 0.15) is 60.8 Å². The molecule has 2 rings (SSSR count). The Hall–Kier alpha value is -2.28. The summed E-state index contributed by atoms with van der Waals surface area (Å²) in [6.07, 6.45) is 2.26. The molecule has 6 nitrogen and oxygen atoms in total. The molecule has 1 heterocycles. The second-order valence-electron chi connectivity index (χ2n) is 5.66. The van der Waals surface area contributed by atoms with Gasteiger partial charge in [-0.05, 0) is 37.1 Å². The lowest BCUT2D eigenvalue weighted by Gasteiger charge is -2.05. The Morgan fingerprint density at radius 1 is 1.12 bits per heavy atom. The largest absolute Gasteiger partial charge is 0.497 e. The number of benzene rings is 1. The highest BCUT2D eigenvalue weighted by Crippen LogP contribution is 2.28. The van der Waals surface area contributed by atoms with Gasteiger partial charge in [-0.3, -0.25) is 9.59 Å². The first kappa shape index (κ1) is 19.1. The molecule has 1 aromatic carbocycles. The number of amides is 1. The number of nitrogens with zero attached hydrogens (tertiary/aromatic N) is 2. The summed E-state index contributed by atoms with van der Waals surface area (Å²) in [4.78, 5) is 24.1. The van der Waals surface area contributed by atoms with Crippen LogP contribution in [-0.4, -0.2) is 29.0 Å². The van der Waals surface area contributed by atoms with E-state index in [1.807, 2.05) is 0 Å². The number of rotatable bonds is 9. The lowest BCUT2D eigenvalue weighted by Crippen LogP contribution is -2.13. The minimum Gasteiger partial charge on any atom is -0.497 e. The van der Waals surface area contributed by atoms with Crippen molar-refractivity contribution in [2.24, 2.45) is 0 Å². The third-order valence-corrected chi connectivity index (χ3v) is 5.01. The molecule has 134 valence electrons. The van der Waals surface area contributed by atoms with Crippen LogP contribution >= 0.6 is 11.3 Å². The van der Waals surface area contributed by atoms with Crippen LogP contribution in [0.5, 0.6) is 5.75 Å². The number of nitrogens with one attached hydrogen (secondary N) is 1. The van der Waals surface area contributed by atoms with Crippen LogP contribution in [0.4, 0.5) is 5.13 Å². The molecular weight excluding hydrogens is 338 g/mol. The Balaban J connectivity index is 1.84. The standard InChI is InChI=1S/C18H23N3O3S/c1-4-12(5-2)17-20-21-18(25-17)19-16(23)11-10-15(22)13-6-8-14(24-3)9-7-13/h6-9,12H,4-5,10-11H2,1-3H3,(H,19,21,23). The van der Waals surface area contributed by atoms with Crippen LogP contribution in [0, 0.1) is 0 Å². The molecule has 0 spiro atoms. The zero-order valence-electron chi connectivity index (χ0n) is 14.7. The molecule has 0 aliphatic carbocycles. The second kappa shape index (κ2) is 9.27. The average Bonchev–Trinajstić information content (AvgIpc) is 3.09. The van der Waals surface area contributed by atoms with Crippen molar-refractivity contribution in [2.45, 2.75) is 45.4 Å². The van der Waals surface area contributed by atoms with Gasteiger partial charge in [0.25, 0.3) is 0 Å². The Morgan fingerprint density at radius 2 is 1.80 bits per heavy atom. The van der Waals surface area contributed by atoms with Gasteiger partial charge in [-0.1, -0.05) is 25.2 Å². The summed E-state index contributed by atoms with van der Waals surface area (Å²) in [5, 5.41) is 12.3. The first-order chi connectivity index (χ1) is 12.1. The summed E-state index contributed by atoms with van der Waals surface area (Å²) >= 11 is 1.40. The summed E-state index contributed by atoms with van der Waals surface area (Å²) in [5.74, 6) is 0.764. The van der Waals surface area contributed by atoms with E-state index >= 15 is 0 Å². The van der Waals surface area contributed by atoms with Crippen molar-refractivity contribution in [2.75, 3.05) is 12.4 Å². The molecule has 7 heteroatoms. The number of Topliss-reactive ketones (excluding diaryl/α,β-unsaturated/α-hetero) is 1. The summed E-state index contributed by atoms with van der Waals surface area (Å²) < 4.78 is 5.06. The first-order valence-corrected chi connectivity index (χ1v) is 9.19. The van der Waals surface area contributed by atoms with E-state index in [1.165, 1.54) is 11.3 Å². The Labute approximate surface area is 151 Å². The lowest BCUT2D eigenvalue weighted by atomic mass is 10.1. The monoisotopic (exact) mass is 361 g/mol. The van der Waals surface area contributed by atoms with Crippen LogP contribution in [0.2, 0.25) is 0 Å². The van der Waals surface area contributed by atoms with E-state index < -0.39 is 0 Å². The summed E-state index contributed by atoms with van der Waals surface area (Å²) in [7, 11) is 1.57. The van der Waals surface area contributed by atoms with Crippen molar-refractivity contribution in [1.82, 2.24) is 10.2 Å². The number of hydrogen-bond acceptors (Lipinski definition) is 6. The van der Waals surface area contributed by atoms with E-state index in [2.05, 4.69) is 29.4 Å². The van der Waals surface area contributed by atoms with Crippen molar-refractivity contribution < 1.29 is 14.3 Å². The predicted molar refractivity (Wildman–Crippen MR) is 98.4 cm³/mol. The van der Waals surface area contributed by atoms with Crippen molar-refractivity contribution in [3.63, 3.8) is 0 Å². The molecule has 1 N–H and O–H groups in total. The number of ether oxygens (including phenoxy) is 1. The Bertz CT molecular complexity index is 709. The number of hydrogen-bond donors (Lipinski definition) is 1. The molecule has 0 radical (unpaired) electrons. The van der Waals surface area contributed by atoms with Gasteiger partial charge in [0.15, 0.2) is 5.78 Å². The molecule has 2 aromatic rings. The number of aromatic nitrogens is 2. The van der Waals surface area contributed by atoms with Gasteiger partial charge in [-0.15, -0.1) is 10.2 Å². The van der Waals surface area contributed by atoms with E-state index in [0.717, 1.165) is 17.8 Å². The molecule has 1 aromatic heterocycles. The fraction of sp³-hybridized carbons (Fsp3) is 0.444. The highest BCUT2D eigenvalue weighted by molar-refractivity contribution is 7.15. The average molecular weight is 361 g/mol. The minimum atomic E-state index is -0.228. The second-order valence-corrected chi connectivity index (χ2v) is 6.67. The fourth-order valence-electron chi connectivity index (χ4n) is 2.42. The topological polar surface area (TPSA) is 81.2 Å². The molecular formula is C18H23N3O3S. The van der Waals surface area contributed by atoms with E-state index in [4.69, 9.17) is 4.74 Å². The predicted octanol–water partition coefficient (Wildman–Crippen LogP) is 4.05. The van der Waals surface area contributed by atoms with Crippen molar-refractivity contribution in [1.29, 1.82) is 0 Å². The molecule has 0 atom stereocenters. The lowest BCUT2D eigenvalue weighted by molar-refractivity contribution is -0.116. The number of ketones is 1. The molecule has 25 heavy (non-hydrogen) atoms. The van der Waals surface area contributed by atoms with Crippen molar-refractivity contribution >= 4 is 28.2 Å². The van der Waals surface area contributed by atoms with E-state index in [9.17, 15) is 9.59 Å². The number of carbonyl (C=O) groups excluding carboxylic acids is 2. The third kappa shape index (κ3) is 5.35. The van der Waals surface area contributed by atoms with Gasteiger partial charge < -0.3 is 10.1 Å². The molecule has 0 aliphatic rings. The van der Waals surface area contributed by atoms with E-state index in [0.29, 0.717) is 22.4 Å². The molecule has 0 saturated heterocycles. The van der Waals surface area contributed by atoms with Gasteiger partial charge in [-0.2, -0.15) is 0 Å². The van der Waals surface area contributed by atoms with Gasteiger partial charge >= 0.3 is 0 Å². The van der Waals surface area contributed by atoms with Crippen molar-refractivity contribution in [3.8, 4) is 5.75 Å². The van der Waals surface area contributed by atoms with E-state index in [1.54, 1.807) is 31.4 Å². The van der Waals surface area contributed by atoms with Crippen LogP contribution < -0.4 is 10.1 Å². The van der Waals surface area contributed by atoms with Crippen molar-refractivity contribution in [3.05, 3.63) is 34.8 Å². The van der Waals surface area contributed by atoms with Gasteiger partial charge in [-0.25, -0.2) is 0 Å². The molecule has 0 unspecified atom stereocenters. The van der Waals surface area contributed by atoms with E-state index in [-0.39, 0.29) is 24.5 Å². The molecule has 0 fully saturated rings. The maximum absolute atomic E-state index is 12.1. The van der Waals surface area contributed by atoms with Crippen LogP contribution in [0.15, 0.2) is 24.3 Å². The number of carbonyl (C=O) groups is 2. The maximum Gasteiger partial charge on any atom is 0.226 e. The third-order valence-electron chi connectivity index (χ3n) is 4.01. The van der Waals surface area contributed by atoms with Gasteiger partial charge in [0.05, 0.1) is 7.11 Å². The Morgan fingerprint density at radius 3 is 2.40 bits per heavy atom. The summed E-state index contributed by atoms with van der Waals surface area (Å²) in [6.45, 7) is 4.22. The maximum atomic E-state index is 12.1. The SMILES string of the molecule is CCC(CC)c1nnc(NC(=O)CCC(=O)c2ccc(OC)cc2)s1. The highest BCUT2D eigenvalue weighted by Gasteiger charge is 2.15. The smallest absolute Gasteiger partial charge is 0.226 e. The van der Waals surface area contributed by atoms with Crippen LogP contribution in [0.25, 0.3) is 0 Å². The van der Waals surface area contributed by atoms with Crippen LogP contribution in [0.3, 0.4) is 0 Å². The Kier molecular flexibility index (Phi) is 7.06. The highest BCUT2D eigenvalue weighted by atomic mass is 32.1. The molecule has 1 amide bonds. The van der Waals surface area contributed by atoms with Gasteiger partial charge in [0.2, 0.25) is 11.0 Å². The van der Waals surface area contributed by atoms with Gasteiger partial charge in [0.1, 0.15) is 10.8 Å². The minimum absolute atomic E-state index is 0.0761. The molecule has 0 saturated carbocycles. The van der Waals surface area contributed by atoms with Crippen LogP contribution in [-0.2, 0) is 4.79 Å². The molecule has 0 bridgehead atoms. The normalized spacial score (nSPS) is 10.7. The fourth-order valence-corrected chi connectivity index (χ4v) is 3.44. The van der Waals surface area contributed by atoms with Gasteiger partial charge in [0, 0.05) is 24.3 Å². The quantitative estimate of drug-likeness (QED) is 0.681. The summed E-state index contributed by atoms with van der Waals surface area (Å²) in [6, 6.07) is 6.86.